The van der Waals surface area contributed by atoms with Gasteiger partial charge in [-0.15, -0.1) is 11.3 Å². The van der Waals surface area contributed by atoms with Gasteiger partial charge in [0, 0.05) is 0 Å². The van der Waals surface area contributed by atoms with E-state index in [1.807, 2.05) is 25.1 Å². The van der Waals surface area contributed by atoms with E-state index in [9.17, 15) is 0 Å². The van der Waals surface area contributed by atoms with E-state index in [4.69, 9.17) is 9.84 Å². The quantitative estimate of drug-likeness (QED) is 0.840. The molecule has 0 aliphatic rings. The molecule has 74 valence electrons. The number of ether oxygens (including phenoxy) is 1. The average Bonchev–Trinajstić information content (AvgIpc) is 2.54. The summed E-state index contributed by atoms with van der Waals surface area (Å²) < 4.78 is 6.42. The zero-order valence-corrected chi connectivity index (χ0v) is 8.67. The normalized spacial score (nSPS) is 10.7. The van der Waals surface area contributed by atoms with Crippen molar-refractivity contribution in [3.63, 3.8) is 0 Å². The predicted octanol–water partition coefficient (Wildman–Crippen LogP) is 1.98. The van der Waals surface area contributed by atoms with Crippen molar-refractivity contribution >= 4 is 21.6 Å². The summed E-state index contributed by atoms with van der Waals surface area (Å²) in [4.78, 5) is 4.35. The molecule has 3 nitrogen and oxygen atoms in total. The second-order valence-corrected chi connectivity index (χ2v) is 4.17. The number of thiazole rings is 1. The molecule has 4 heteroatoms. The van der Waals surface area contributed by atoms with Crippen molar-refractivity contribution in [3.05, 3.63) is 23.2 Å². The van der Waals surface area contributed by atoms with Crippen LogP contribution >= 0.6 is 11.3 Å². The third kappa shape index (κ3) is 1.86. The van der Waals surface area contributed by atoms with Gasteiger partial charge in [-0.3, -0.25) is 0 Å². The highest BCUT2D eigenvalue weighted by Gasteiger charge is 2.01. The number of fused-ring (bicyclic) bond motifs is 1. The number of rotatable bonds is 3. The topological polar surface area (TPSA) is 42.4 Å². The summed E-state index contributed by atoms with van der Waals surface area (Å²) in [5, 5.41) is 9.67. The van der Waals surface area contributed by atoms with E-state index in [1.54, 1.807) is 11.3 Å². The van der Waals surface area contributed by atoms with Crippen molar-refractivity contribution in [2.75, 3.05) is 13.2 Å². The second kappa shape index (κ2) is 3.94. The number of aryl methyl sites for hydroxylation is 1. The van der Waals surface area contributed by atoms with Crippen LogP contribution in [0, 0.1) is 6.92 Å². The molecule has 2 rings (SSSR count). The Hall–Kier alpha value is -1.13. The molecule has 0 unspecified atom stereocenters. The second-order valence-electron chi connectivity index (χ2n) is 2.93. The van der Waals surface area contributed by atoms with Crippen molar-refractivity contribution in [2.45, 2.75) is 6.92 Å². The first kappa shape index (κ1) is 9.43. The van der Waals surface area contributed by atoms with Crippen molar-refractivity contribution in [1.29, 1.82) is 0 Å². The number of nitrogens with zero attached hydrogens (tertiary/aromatic N) is 1. The van der Waals surface area contributed by atoms with Gasteiger partial charge in [-0.1, -0.05) is 0 Å². The molecule has 0 radical (unpaired) electrons. The zero-order valence-electron chi connectivity index (χ0n) is 7.86. The molecule has 0 fully saturated rings. The lowest BCUT2D eigenvalue weighted by atomic mass is 10.3. The summed E-state index contributed by atoms with van der Waals surface area (Å²) in [6, 6.07) is 5.76. The van der Waals surface area contributed by atoms with Gasteiger partial charge in [0.05, 0.1) is 21.8 Å². The number of aromatic nitrogens is 1. The minimum atomic E-state index is 0.0414. The standard InChI is InChI=1S/C10H11NO2S/c1-7-11-9-3-2-8(13-5-4-12)6-10(9)14-7/h2-3,6,12H,4-5H2,1H3. The smallest absolute Gasteiger partial charge is 0.120 e. The first-order chi connectivity index (χ1) is 6.79. The van der Waals surface area contributed by atoms with Gasteiger partial charge in [0.1, 0.15) is 12.4 Å². The largest absolute Gasteiger partial charge is 0.491 e. The van der Waals surface area contributed by atoms with Crippen molar-refractivity contribution in [1.82, 2.24) is 4.98 Å². The molecule has 0 saturated carbocycles. The Balaban J connectivity index is 2.31. The van der Waals surface area contributed by atoms with Crippen LogP contribution in [0.2, 0.25) is 0 Å². The summed E-state index contributed by atoms with van der Waals surface area (Å²) in [5.74, 6) is 0.787. The fraction of sp³-hybridized carbons (Fsp3) is 0.300. The molecule has 0 bridgehead atoms. The maximum absolute atomic E-state index is 8.61. The molecular formula is C10H11NO2S. The first-order valence-corrected chi connectivity index (χ1v) is 5.22. The molecule has 1 heterocycles. The van der Waals surface area contributed by atoms with E-state index in [1.165, 1.54) is 0 Å². The molecule has 1 aromatic carbocycles. The lowest BCUT2D eigenvalue weighted by Gasteiger charge is -2.02. The van der Waals surface area contributed by atoms with Crippen LogP contribution in [0.4, 0.5) is 0 Å². The Morgan fingerprint density at radius 1 is 1.50 bits per heavy atom. The molecule has 1 aromatic heterocycles. The molecule has 1 N–H and O–H groups in total. The third-order valence-electron chi connectivity index (χ3n) is 1.83. The molecule has 14 heavy (non-hydrogen) atoms. The fourth-order valence-corrected chi connectivity index (χ4v) is 2.13. The van der Waals surface area contributed by atoms with E-state index >= 15 is 0 Å². The van der Waals surface area contributed by atoms with Crippen LogP contribution in [0.1, 0.15) is 5.01 Å². The Kier molecular flexibility index (Phi) is 2.65. The molecule has 0 saturated heterocycles. The molecule has 0 spiro atoms. The van der Waals surface area contributed by atoms with Crippen molar-refractivity contribution in [3.8, 4) is 5.75 Å². The minimum absolute atomic E-state index is 0.0414. The first-order valence-electron chi connectivity index (χ1n) is 4.40. The van der Waals surface area contributed by atoms with Gasteiger partial charge >= 0.3 is 0 Å². The lowest BCUT2D eigenvalue weighted by Crippen LogP contribution is -2.00. The van der Waals surface area contributed by atoms with Crippen LogP contribution in [-0.2, 0) is 0 Å². The summed E-state index contributed by atoms with van der Waals surface area (Å²) in [7, 11) is 0. The molecule has 0 aliphatic heterocycles. The lowest BCUT2D eigenvalue weighted by molar-refractivity contribution is 0.201. The van der Waals surface area contributed by atoms with Gasteiger partial charge in [-0.25, -0.2) is 4.98 Å². The van der Waals surface area contributed by atoms with E-state index < -0.39 is 0 Å². The van der Waals surface area contributed by atoms with Crippen LogP contribution in [-0.4, -0.2) is 23.3 Å². The number of aliphatic hydroxyl groups excluding tert-OH is 1. The number of hydrogen-bond acceptors (Lipinski definition) is 4. The SMILES string of the molecule is Cc1nc2ccc(OCCO)cc2s1. The highest BCUT2D eigenvalue weighted by Crippen LogP contribution is 2.25. The van der Waals surface area contributed by atoms with Crippen LogP contribution in [0.25, 0.3) is 10.2 Å². The van der Waals surface area contributed by atoms with Gasteiger partial charge in [-0.2, -0.15) is 0 Å². The monoisotopic (exact) mass is 209 g/mol. The number of aliphatic hydroxyl groups is 1. The van der Waals surface area contributed by atoms with Crippen LogP contribution < -0.4 is 4.74 Å². The fourth-order valence-electron chi connectivity index (χ4n) is 1.27. The minimum Gasteiger partial charge on any atom is -0.491 e. The highest BCUT2D eigenvalue weighted by molar-refractivity contribution is 7.18. The Labute approximate surface area is 86.0 Å². The number of benzene rings is 1. The molecule has 2 aromatic rings. The molecular weight excluding hydrogens is 198 g/mol. The van der Waals surface area contributed by atoms with Crippen LogP contribution in [0.5, 0.6) is 5.75 Å². The zero-order chi connectivity index (χ0) is 9.97. The Morgan fingerprint density at radius 2 is 2.36 bits per heavy atom. The number of hydrogen-bond donors (Lipinski definition) is 1. The van der Waals surface area contributed by atoms with E-state index in [0.29, 0.717) is 6.61 Å². The van der Waals surface area contributed by atoms with E-state index in [0.717, 1.165) is 21.0 Å². The molecule has 0 aliphatic carbocycles. The molecule has 0 amide bonds. The summed E-state index contributed by atoms with van der Waals surface area (Å²) in [5.41, 5.74) is 1.00. The Morgan fingerprint density at radius 3 is 3.14 bits per heavy atom. The highest BCUT2D eigenvalue weighted by atomic mass is 32.1. The third-order valence-corrected chi connectivity index (χ3v) is 2.76. The van der Waals surface area contributed by atoms with Crippen molar-refractivity contribution in [2.24, 2.45) is 0 Å². The summed E-state index contributed by atoms with van der Waals surface area (Å²) in [6.07, 6.45) is 0. The van der Waals surface area contributed by atoms with Gasteiger partial charge in [0.2, 0.25) is 0 Å². The predicted molar refractivity (Wildman–Crippen MR) is 56.9 cm³/mol. The maximum atomic E-state index is 8.61. The van der Waals surface area contributed by atoms with Gasteiger partial charge in [0.25, 0.3) is 0 Å². The van der Waals surface area contributed by atoms with Gasteiger partial charge in [0.15, 0.2) is 0 Å². The van der Waals surface area contributed by atoms with Crippen molar-refractivity contribution < 1.29 is 9.84 Å². The van der Waals surface area contributed by atoms with E-state index in [2.05, 4.69) is 4.98 Å². The summed E-state index contributed by atoms with van der Waals surface area (Å²) >= 11 is 1.65. The van der Waals surface area contributed by atoms with Crippen LogP contribution in [0.3, 0.4) is 0 Å². The van der Waals surface area contributed by atoms with Gasteiger partial charge in [-0.05, 0) is 25.1 Å². The van der Waals surface area contributed by atoms with E-state index in [-0.39, 0.29) is 6.61 Å². The van der Waals surface area contributed by atoms with Gasteiger partial charge < -0.3 is 9.84 Å². The average molecular weight is 209 g/mol. The molecule has 0 atom stereocenters. The Bertz CT molecular complexity index is 439. The maximum Gasteiger partial charge on any atom is 0.120 e. The van der Waals surface area contributed by atoms with Crippen LogP contribution in [0.15, 0.2) is 18.2 Å². The summed E-state index contributed by atoms with van der Waals surface area (Å²) in [6.45, 7) is 2.36.